The number of nitrogens with zero attached hydrogens (tertiary/aromatic N) is 3. The second-order valence-corrected chi connectivity index (χ2v) is 6.42. The number of anilines is 1. The predicted molar refractivity (Wildman–Crippen MR) is 99.4 cm³/mol. The molecule has 0 aliphatic heterocycles. The Hall–Kier alpha value is -2.86. The van der Waals surface area contributed by atoms with Gasteiger partial charge in [0.25, 0.3) is 5.56 Å². The minimum absolute atomic E-state index is 0.110. The lowest BCUT2D eigenvalue weighted by Gasteiger charge is -2.12. The van der Waals surface area contributed by atoms with Crippen molar-refractivity contribution in [2.24, 2.45) is 0 Å². The lowest BCUT2D eigenvalue weighted by Crippen LogP contribution is -2.16. The highest BCUT2D eigenvalue weighted by Gasteiger charge is 2.09. The van der Waals surface area contributed by atoms with Crippen LogP contribution in [0.5, 0.6) is 0 Å². The highest BCUT2D eigenvalue weighted by Crippen LogP contribution is 2.20. The van der Waals surface area contributed by atoms with Gasteiger partial charge in [-0.3, -0.25) is 9.20 Å². The van der Waals surface area contributed by atoms with Crippen LogP contribution in [-0.2, 0) is 6.54 Å². The van der Waals surface area contributed by atoms with Crippen molar-refractivity contribution in [1.82, 2.24) is 19.6 Å². The van der Waals surface area contributed by atoms with Crippen molar-refractivity contribution < 1.29 is 0 Å². The van der Waals surface area contributed by atoms with Gasteiger partial charge >= 0.3 is 0 Å². The molecule has 3 heterocycles. The Balaban J connectivity index is 1.68. The third-order valence-electron chi connectivity index (χ3n) is 4.33. The number of pyridine rings is 2. The number of rotatable bonds is 3. The molecule has 0 atom stereocenters. The average Bonchev–Trinajstić information content (AvgIpc) is 2.96. The molecule has 0 fully saturated rings. The normalized spacial score (nSPS) is 11.3. The smallest absolute Gasteiger partial charge is 0.253 e. The highest BCUT2D eigenvalue weighted by molar-refractivity contribution is 6.31. The van der Waals surface area contributed by atoms with E-state index in [1.54, 1.807) is 6.07 Å². The van der Waals surface area contributed by atoms with Crippen molar-refractivity contribution in [1.29, 1.82) is 0 Å². The molecule has 0 saturated carbocycles. The van der Waals surface area contributed by atoms with Crippen LogP contribution in [0.4, 0.5) is 5.69 Å². The van der Waals surface area contributed by atoms with E-state index in [1.165, 1.54) is 0 Å². The Morgan fingerprint density at radius 1 is 1.16 bits per heavy atom. The standard InChI is InChI=1S/C18H16ClN5O/c1-10-15(5-6-17-23-22-11(2)24(10)17)20-9-13-7-12-8-14(19)3-4-16(12)21-18(13)25/h3-8,20H,9H2,1-2H3,(H,21,25). The van der Waals surface area contributed by atoms with E-state index in [-0.39, 0.29) is 5.56 Å². The van der Waals surface area contributed by atoms with Crippen LogP contribution in [0.15, 0.2) is 41.2 Å². The maximum atomic E-state index is 12.3. The summed E-state index contributed by atoms with van der Waals surface area (Å²) in [4.78, 5) is 15.2. The number of aromatic amines is 1. The van der Waals surface area contributed by atoms with Gasteiger partial charge in [0.15, 0.2) is 5.65 Å². The first-order chi connectivity index (χ1) is 12.0. The Kier molecular flexibility index (Phi) is 3.69. The zero-order valence-corrected chi connectivity index (χ0v) is 14.6. The Labute approximate surface area is 148 Å². The van der Waals surface area contributed by atoms with Crippen LogP contribution in [0, 0.1) is 13.8 Å². The summed E-state index contributed by atoms with van der Waals surface area (Å²) >= 11 is 6.04. The Morgan fingerprint density at radius 2 is 2.00 bits per heavy atom. The van der Waals surface area contributed by atoms with E-state index in [1.807, 2.05) is 48.6 Å². The van der Waals surface area contributed by atoms with Crippen molar-refractivity contribution >= 4 is 33.8 Å². The van der Waals surface area contributed by atoms with Crippen molar-refractivity contribution in [3.05, 3.63) is 68.9 Å². The molecule has 0 unspecified atom stereocenters. The van der Waals surface area contributed by atoms with Gasteiger partial charge in [-0.25, -0.2) is 0 Å². The largest absolute Gasteiger partial charge is 0.379 e. The van der Waals surface area contributed by atoms with Gasteiger partial charge < -0.3 is 10.3 Å². The third-order valence-corrected chi connectivity index (χ3v) is 4.56. The zero-order valence-electron chi connectivity index (χ0n) is 13.8. The van der Waals surface area contributed by atoms with Crippen LogP contribution in [-0.4, -0.2) is 19.6 Å². The van der Waals surface area contributed by atoms with Crippen molar-refractivity contribution in [3.8, 4) is 0 Å². The van der Waals surface area contributed by atoms with E-state index < -0.39 is 0 Å². The number of aromatic nitrogens is 4. The first kappa shape index (κ1) is 15.7. The number of hydrogen-bond donors (Lipinski definition) is 2. The van der Waals surface area contributed by atoms with E-state index in [2.05, 4.69) is 20.5 Å². The molecule has 25 heavy (non-hydrogen) atoms. The molecule has 0 saturated heterocycles. The molecule has 4 aromatic rings. The summed E-state index contributed by atoms with van der Waals surface area (Å²) in [5.74, 6) is 0.828. The van der Waals surface area contributed by atoms with E-state index in [0.717, 1.165) is 33.8 Å². The maximum absolute atomic E-state index is 12.3. The summed E-state index contributed by atoms with van der Waals surface area (Å²) in [6, 6.07) is 11.1. The molecule has 0 radical (unpaired) electrons. The topological polar surface area (TPSA) is 75.1 Å². The fourth-order valence-electron chi connectivity index (χ4n) is 3.03. The lowest BCUT2D eigenvalue weighted by molar-refractivity contribution is 0.972. The number of aryl methyl sites for hydroxylation is 2. The van der Waals surface area contributed by atoms with Crippen molar-refractivity contribution in [2.75, 3.05) is 5.32 Å². The molecule has 2 N–H and O–H groups in total. The molecule has 3 aromatic heterocycles. The van der Waals surface area contributed by atoms with E-state index in [0.29, 0.717) is 17.1 Å². The third kappa shape index (κ3) is 2.74. The van der Waals surface area contributed by atoms with Crippen molar-refractivity contribution in [3.63, 3.8) is 0 Å². The van der Waals surface area contributed by atoms with Crippen molar-refractivity contribution in [2.45, 2.75) is 20.4 Å². The molecule has 0 aliphatic rings. The number of hydrogen-bond acceptors (Lipinski definition) is 4. The number of H-pyrrole nitrogens is 1. The molecule has 126 valence electrons. The van der Waals surface area contributed by atoms with Gasteiger partial charge in [0.1, 0.15) is 5.82 Å². The van der Waals surface area contributed by atoms with Crippen LogP contribution < -0.4 is 10.9 Å². The second-order valence-electron chi connectivity index (χ2n) is 5.98. The number of nitrogens with one attached hydrogen (secondary N) is 2. The van der Waals surface area contributed by atoms with E-state index in [9.17, 15) is 4.79 Å². The molecule has 1 aromatic carbocycles. The molecule has 0 spiro atoms. The average molecular weight is 354 g/mol. The van der Waals surface area contributed by atoms with Gasteiger partial charge in [-0.1, -0.05) is 11.6 Å². The quantitative estimate of drug-likeness (QED) is 0.591. The number of fused-ring (bicyclic) bond motifs is 2. The van der Waals surface area contributed by atoms with Gasteiger partial charge in [0.05, 0.1) is 5.69 Å². The van der Waals surface area contributed by atoms with E-state index in [4.69, 9.17) is 11.6 Å². The zero-order chi connectivity index (χ0) is 17.6. The fourth-order valence-corrected chi connectivity index (χ4v) is 3.21. The molecular weight excluding hydrogens is 338 g/mol. The van der Waals surface area contributed by atoms with Gasteiger partial charge in [-0.15, -0.1) is 10.2 Å². The first-order valence-corrected chi connectivity index (χ1v) is 8.27. The minimum atomic E-state index is -0.110. The SMILES string of the molecule is Cc1nnc2ccc(NCc3cc4cc(Cl)ccc4[nH]c3=O)c(C)n12. The lowest BCUT2D eigenvalue weighted by atomic mass is 10.1. The highest BCUT2D eigenvalue weighted by atomic mass is 35.5. The van der Waals surface area contributed by atoms with Gasteiger partial charge in [-0.05, 0) is 50.2 Å². The Bertz CT molecular complexity index is 1160. The van der Waals surface area contributed by atoms with Crippen LogP contribution >= 0.6 is 11.6 Å². The Morgan fingerprint density at radius 3 is 2.84 bits per heavy atom. The van der Waals surface area contributed by atoms with Gasteiger partial charge in [0, 0.05) is 33.7 Å². The van der Waals surface area contributed by atoms with E-state index >= 15 is 0 Å². The molecule has 6 nitrogen and oxygen atoms in total. The number of halogens is 1. The predicted octanol–water partition coefficient (Wildman–Crippen LogP) is 3.45. The van der Waals surface area contributed by atoms with Gasteiger partial charge in [-0.2, -0.15) is 0 Å². The van der Waals surface area contributed by atoms with Crippen LogP contribution in [0.3, 0.4) is 0 Å². The molecule has 0 bridgehead atoms. The fraction of sp³-hybridized carbons (Fsp3) is 0.167. The molecule has 4 rings (SSSR count). The summed E-state index contributed by atoms with van der Waals surface area (Å²) in [7, 11) is 0. The summed E-state index contributed by atoms with van der Waals surface area (Å²) in [5.41, 5.74) is 4.05. The molecular formula is C18H16ClN5O. The van der Waals surface area contributed by atoms with Crippen LogP contribution in [0.1, 0.15) is 17.1 Å². The maximum Gasteiger partial charge on any atom is 0.253 e. The van der Waals surface area contributed by atoms with Crippen LogP contribution in [0.25, 0.3) is 16.6 Å². The summed E-state index contributed by atoms with van der Waals surface area (Å²) < 4.78 is 1.98. The first-order valence-electron chi connectivity index (χ1n) is 7.89. The summed E-state index contributed by atoms with van der Waals surface area (Å²) in [6.45, 7) is 4.32. The van der Waals surface area contributed by atoms with Crippen LogP contribution in [0.2, 0.25) is 5.02 Å². The summed E-state index contributed by atoms with van der Waals surface area (Å²) in [5, 5.41) is 13.1. The second kappa shape index (κ2) is 5.89. The van der Waals surface area contributed by atoms with Gasteiger partial charge in [0.2, 0.25) is 0 Å². The summed E-state index contributed by atoms with van der Waals surface area (Å²) in [6.07, 6.45) is 0. The molecule has 0 aliphatic carbocycles. The molecule has 7 heteroatoms. The monoisotopic (exact) mass is 353 g/mol. The molecule has 0 amide bonds. The number of benzene rings is 1. The minimum Gasteiger partial charge on any atom is -0.379 e.